The molecule has 2 N–H and O–H groups in total. The number of likely N-dealkylation sites (N-methyl/N-ethyl adjacent to an activating group) is 1. The molecule has 0 aliphatic heterocycles. The van der Waals surface area contributed by atoms with E-state index in [0.717, 1.165) is 11.5 Å². The van der Waals surface area contributed by atoms with Gasteiger partial charge in [-0.1, -0.05) is 0 Å². The molecule has 4 heteroatoms. The summed E-state index contributed by atoms with van der Waals surface area (Å²) in [5, 5.41) is 0. The van der Waals surface area contributed by atoms with E-state index < -0.39 is 0 Å². The lowest BCUT2D eigenvalue weighted by Crippen LogP contribution is -2.39. The summed E-state index contributed by atoms with van der Waals surface area (Å²) >= 11 is 0. The maximum absolute atomic E-state index is 10.9. The molecule has 4 nitrogen and oxygen atoms in total. The van der Waals surface area contributed by atoms with Gasteiger partial charge in [-0.05, 0) is 33.0 Å². The summed E-state index contributed by atoms with van der Waals surface area (Å²) in [6.07, 6.45) is 0. The van der Waals surface area contributed by atoms with Crippen molar-refractivity contribution in [2.45, 2.75) is 26.4 Å². The minimum atomic E-state index is -0.323. The summed E-state index contributed by atoms with van der Waals surface area (Å²) in [6.45, 7) is 4.26. The van der Waals surface area contributed by atoms with E-state index in [0.29, 0.717) is 6.54 Å². The highest BCUT2D eigenvalue weighted by molar-refractivity contribution is 5.79. The van der Waals surface area contributed by atoms with E-state index in [4.69, 9.17) is 10.2 Å². The van der Waals surface area contributed by atoms with Crippen molar-refractivity contribution in [2.24, 2.45) is 5.73 Å². The molecule has 0 unspecified atom stereocenters. The molecule has 1 amide bonds. The van der Waals surface area contributed by atoms with Crippen LogP contribution in [0.3, 0.4) is 0 Å². The third-order valence-corrected chi connectivity index (χ3v) is 2.27. The van der Waals surface area contributed by atoms with Crippen molar-refractivity contribution in [1.82, 2.24) is 4.90 Å². The average molecular weight is 196 g/mol. The lowest BCUT2D eigenvalue weighted by Gasteiger charge is -2.20. The molecule has 1 heterocycles. The first-order chi connectivity index (χ1) is 6.50. The fourth-order valence-electron chi connectivity index (χ4n) is 1.17. The normalized spacial score (nSPS) is 13.1. The van der Waals surface area contributed by atoms with Crippen molar-refractivity contribution in [3.05, 3.63) is 23.7 Å². The third-order valence-electron chi connectivity index (χ3n) is 2.27. The summed E-state index contributed by atoms with van der Waals surface area (Å²) in [7, 11) is 1.84. The van der Waals surface area contributed by atoms with Crippen LogP contribution in [0.5, 0.6) is 0 Å². The molecule has 1 aromatic rings. The molecule has 0 saturated carbocycles. The molecule has 1 aromatic heterocycles. The lowest BCUT2D eigenvalue weighted by atomic mass is 10.3. The molecule has 1 rings (SSSR count). The van der Waals surface area contributed by atoms with Crippen LogP contribution >= 0.6 is 0 Å². The predicted molar refractivity (Wildman–Crippen MR) is 53.6 cm³/mol. The standard InChI is InChI=1S/C10H16N2O2/c1-7-4-5-9(14-7)6-12(3)8(2)10(11)13/h4-5,8H,6H2,1-3H3,(H2,11,13)/t8-/m0/s1. The van der Waals surface area contributed by atoms with E-state index in [-0.39, 0.29) is 11.9 Å². The molecular weight excluding hydrogens is 180 g/mol. The van der Waals surface area contributed by atoms with Gasteiger partial charge < -0.3 is 10.2 Å². The van der Waals surface area contributed by atoms with Crippen LogP contribution in [0.2, 0.25) is 0 Å². The Hall–Kier alpha value is -1.29. The number of nitrogens with zero attached hydrogens (tertiary/aromatic N) is 1. The number of aryl methyl sites for hydroxylation is 1. The summed E-state index contributed by atoms with van der Waals surface area (Å²) in [4.78, 5) is 12.7. The largest absolute Gasteiger partial charge is 0.465 e. The molecule has 0 bridgehead atoms. The number of hydrogen-bond donors (Lipinski definition) is 1. The van der Waals surface area contributed by atoms with Crippen LogP contribution in [0.4, 0.5) is 0 Å². The van der Waals surface area contributed by atoms with Crippen LogP contribution in [-0.2, 0) is 11.3 Å². The molecule has 78 valence electrons. The van der Waals surface area contributed by atoms with Crippen molar-refractivity contribution in [3.63, 3.8) is 0 Å². The molecular formula is C10H16N2O2. The summed E-state index contributed by atoms with van der Waals surface area (Å²) in [5.41, 5.74) is 5.18. The van der Waals surface area contributed by atoms with Gasteiger partial charge in [-0.15, -0.1) is 0 Å². The van der Waals surface area contributed by atoms with E-state index in [1.54, 1.807) is 6.92 Å². The Morgan fingerprint density at radius 2 is 2.29 bits per heavy atom. The Kier molecular flexibility index (Phi) is 3.30. The number of nitrogens with two attached hydrogens (primary N) is 1. The monoisotopic (exact) mass is 196 g/mol. The van der Waals surface area contributed by atoms with Gasteiger partial charge in [-0.25, -0.2) is 0 Å². The van der Waals surface area contributed by atoms with Gasteiger partial charge in [0.25, 0.3) is 0 Å². The molecule has 14 heavy (non-hydrogen) atoms. The van der Waals surface area contributed by atoms with E-state index >= 15 is 0 Å². The number of carbonyl (C=O) groups is 1. The molecule has 0 fully saturated rings. The minimum absolute atomic E-state index is 0.277. The van der Waals surface area contributed by atoms with Crippen molar-refractivity contribution in [3.8, 4) is 0 Å². The van der Waals surface area contributed by atoms with Gasteiger partial charge in [0.15, 0.2) is 0 Å². The second kappa shape index (κ2) is 4.28. The summed E-state index contributed by atoms with van der Waals surface area (Å²) < 4.78 is 5.39. The highest BCUT2D eigenvalue weighted by atomic mass is 16.3. The number of primary amides is 1. The van der Waals surface area contributed by atoms with Crippen LogP contribution in [0.1, 0.15) is 18.4 Å². The van der Waals surface area contributed by atoms with Crippen LogP contribution in [0.15, 0.2) is 16.5 Å². The van der Waals surface area contributed by atoms with Gasteiger partial charge in [0, 0.05) is 0 Å². The number of furan rings is 1. The Bertz CT molecular complexity index is 320. The van der Waals surface area contributed by atoms with Crippen molar-refractivity contribution >= 4 is 5.91 Å². The molecule has 1 atom stereocenters. The average Bonchev–Trinajstić information content (AvgIpc) is 2.49. The maximum atomic E-state index is 10.9. The Morgan fingerprint density at radius 1 is 1.64 bits per heavy atom. The molecule has 0 spiro atoms. The zero-order valence-corrected chi connectivity index (χ0v) is 8.78. The summed E-state index contributed by atoms with van der Waals surface area (Å²) in [6, 6.07) is 3.53. The van der Waals surface area contributed by atoms with E-state index in [9.17, 15) is 4.79 Å². The number of amides is 1. The number of hydrogen-bond acceptors (Lipinski definition) is 3. The molecule has 0 aliphatic rings. The van der Waals surface area contributed by atoms with Gasteiger partial charge in [0.05, 0.1) is 12.6 Å². The molecule has 0 radical (unpaired) electrons. The van der Waals surface area contributed by atoms with Crippen molar-refractivity contribution < 1.29 is 9.21 Å². The lowest BCUT2D eigenvalue weighted by molar-refractivity contribution is -0.122. The summed E-state index contributed by atoms with van der Waals surface area (Å²) in [5.74, 6) is 1.40. The highest BCUT2D eigenvalue weighted by Gasteiger charge is 2.15. The number of rotatable bonds is 4. The first-order valence-corrected chi connectivity index (χ1v) is 4.55. The van der Waals surface area contributed by atoms with E-state index in [1.165, 1.54) is 0 Å². The fraction of sp³-hybridized carbons (Fsp3) is 0.500. The van der Waals surface area contributed by atoms with Gasteiger partial charge in [-0.2, -0.15) is 0 Å². The Labute approximate surface area is 83.7 Å². The van der Waals surface area contributed by atoms with Gasteiger partial charge in [0.1, 0.15) is 11.5 Å². The van der Waals surface area contributed by atoms with E-state index in [1.807, 2.05) is 31.0 Å². The van der Waals surface area contributed by atoms with Gasteiger partial charge in [-0.3, -0.25) is 9.69 Å². The topological polar surface area (TPSA) is 59.5 Å². The maximum Gasteiger partial charge on any atom is 0.234 e. The zero-order valence-electron chi connectivity index (χ0n) is 8.78. The first-order valence-electron chi connectivity index (χ1n) is 4.55. The fourth-order valence-corrected chi connectivity index (χ4v) is 1.17. The van der Waals surface area contributed by atoms with Gasteiger partial charge in [0.2, 0.25) is 5.91 Å². The SMILES string of the molecule is Cc1ccc(CN(C)[C@@H](C)C(N)=O)o1. The van der Waals surface area contributed by atoms with Gasteiger partial charge >= 0.3 is 0 Å². The zero-order chi connectivity index (χ0) is 10.7. The van der Waals surface area contributed by atoms with E-state index in [2.05, 4.69) is 0 Å². The molecule has 0 aromatic carbocycles. The predicted octanol–water partition coefficient (Wildman–Crippen LogP) is 0.894. The van der Waals surface area contributed by atoms with Crippen LogP contribution in [0, 0.1) is 6.92 Å². The third kappa shape index (κ3) is 2.60. The van der Waals surface area contributed by atoms with Crippen molar-refractivity contribution in [2.75, 3.05) is 7.05 Å². The molecule has 0 saturated heterocycles. The van der Waals surface area contributed by atoms with Crippen LogP contribution in [-0.4, -0.2) is 23.9 Å². The van der Waals surface area contributed by atoms with Crippen LogP contribution < -0.4 is 5.73 Å². The van der Waals surface area contributed by atoms with Crippen molar-refractivity contribution in [1.29, 1.82) is 0 Å². The first kappa shape index (κ1) is 10.8. The van der Waals surface area contributed by atoms with Crippen LogP contribution in [0.25, 0.3) is 0 Å². The Morgan fingerprint density at radius 3 is 2.71 bits per heavy atom. The quantitative estimate of drug-likeness (QED) is 0.778. The second-order valence-corrected chi connectivity index (χ2v) is 3.51. The smallest absolute Gasteiger partial charge is 0.234 e. The number of carbonyl (C=O) groups excluding carboxylic acids is 1. The highest BCUT2D eigenvalue weighted by Crippen LogP contribution is 2.09. The minimum Gasteiger partial charge on any atom is -0.465 e. The Balaban J connectivity index is 2.56. The molecule has 0 aliphatic carbocycles. The second-order valence-electron chi connectivity index (χ2n) is 3.51.